The molecular formula is C17H17NO5S. The van der Waals surface area contributed by atoms with Gasteiger partial charge in [-0.3, -0.25) is 0 Å². The van der Waals surface area contributed by atoms with Gasteiger partial charge in [-0.25, -0.2) is 0 Å². The lowest BCUT2D eigenvalue weighted by molar-refractivity contribution is 0.367. The Morgan fingerprint density at radius 3 is 2.25 bits per heavy atom. The predicted molar refractivity (Wildman–Crippen MR) is 94.4 cm³/mol. The van der Waals surface area contributed by atoms with Crippen molar-refractivity contribution in [3.05, 3.63) is 47.0 Å². The maximum absolute atomic E-state index is 9.68. The van der Waals surface area contributed by atoms with Crippen molar-refractivity contribution in [1.29, 1.82) is 0 Å². The molecule has 0 aliphatic heterocycles. The smallest absolute Gasteiger partial charge is 0.200 e. The van der Waals surface area contributed by atoms with Gasteiger partial charge in [-0.05, 0) is 42.3 Å². The standard InChI is InChI=1S/C17H17NO5S/c1-9-11(2-4-12(19)16(9)22)3-5-15(24)18-8-10-6-13(20)17(23)14(21)7-10/h2-7,19-23H,8H2,1H3,(H,18,24). The van der Waals surface area contributed by atoms with Crippen LogP contribution in [0.25, 0.3) is 6.08 Å². The summed E-state index contributed by atoms with van der Waals surface area (Å²) in [6.07, 6.45) is 3.31. The van der Waals surface area contributed by atoms with Crippen LogP contribution < -0.4 is 5.32 Å². The number of phenols is 5. The van der Waals surface area contributed by atoms with E-state index in [9.17, 15) is 25.5 Å². The number of nitrogens with one attached hydrogen (secondary N) is 1. The first-order valence-electron chi connectivity index (χ1n) is 7.01. The zero-order chi connectivity index (χ0) is 17.9. The molecule has 0 aliphatic carbocycles. The normalized spacial score (nSPS) is 10.9. The third-order valence-corrected chi connectivity index (χ3v) is 3.74. The van der Waals surface area contributed by atoms with E-state index < -0.39 is 17.2 Å². The molecule has 0 radical (unpaired) electrons. The van der Waals surface area contributed by atoms with E-state index in [-0.39, 0.29) is 18.0 Å². The third kappa shape index (κ3) is 3.88. The molecule has 0 saturated carbocycles. The number of hydrogen-bond acceptors (Lipinski definition) is 6. The molecule has 2 rings (SSSR count). The van der Waals surface area contributed by atoms with E-state index in [1.807, 2.05) is 0 Å². The van der Waals surface area contributed by atoms with Gasteiger partial charge in [0.15, 0.2) is 28.7 Å². The van der Waals surface area contributed by atoms with Gasteiger partial charge in [-0.15, -0.1) is 0 Å². The highest BCUT2D eigenvalue weighted by molar-refractivity contribution is 7.80. The number of phenolic OH excluding ortho intramolecular Hbond substituents is 5. The zero-order valence-corrected chi connectivity index (χ0v) is 13.6. The third-order valence-electron chi connectivity index (χ3n) is 3.46. The van der Waals surface area contributed by atoms with Gasteiger partial charge in [-0.2, -0.15) is 0 Å². The molecule has 0 saturated heterocycles. The van der Waals surface area contributed by atoms with Gasteiger partial charge in [0, 0.05) is 12.1 Å². The Morgan fingerprint density at radius 1 is 1.00 bits per heavy atom. The molecule has 6 N–H and O–H groups in total. The maximum Gasteiger partial charge on any atom is 0.200 e. The Labute approximate surface area is 144 Å². The van der Waals surface area contributed by atoms with Gasteiger partial charge in [0.2, 0.25) is 0 Å². The van der Waals surface area contributed by atoms with E-state index in [4.69, 9.17) is 12.2 Å². The first-order chi connectivity index (χ1) is 11.3. The fraction of sp³-hybridized carbons (Fsp3) is 0.118. The molecule has 0 spiro atoms. The summed E-state index contributed by atoms with van der Waals surface area (Å²) >= 11 is 5.16. The van der Waals surface area contributed by atoms with Crippen LogP contribution in [0.2, 0.25) is 0 Å². The van der Waals surface area contributed by atoms with E-state index in [2.05, 4.69) is 5.32 Å². The molecule has 0 aliphatic rings. The van der Waals surface area contributed by atoms with Crippen molar-refractivity contribution in [3.8, 4) is 28.7 Å². The molecule has 7 heteroatoms. The first-order valence-corrected chi connectivity index (χ1v) is 7.41. The number of benzene rings is 2. The second-order valence-corrected chi connectivity index (χ2v) is 5.62. The van der Waals surface area contributed by atoms with Gasteiger partial charge in [0.05, 0.1) is 4.99 Å². The van der Waals surface area contributed by atoms with Crippen LogP contribution in [0.1, 0.15) is 16.7 Å². The summed E-state index contributed by atoms with van der Waals surface area (Å²) in [6.45, 7) is 1.91. The zero-order valence-electron chi connectivity index (χ0n) is 12.8. The fourth-order valence-corrected chi connectivity index (χ4v) is 2.20. The lowest BCUT2D eigenvalue weighted by Crippen LogP contribution is -2.18. The molecule has 2 aromatic rings. The van der Waals surface area contributed by atoms with Crippen LogP contribution in [-0.2, 0) is 6.54 Å². The van der Waals surface area contributed by atoms with E-state index in [1.54, 1.807) is 25.1 Å². The highest BCUT2D eigenvalue weighted by Gasteiger charge is 2.08. The van der Waals surface area contributed by atoms with Gasteiger partial charge in [0.25, 0.3) is 0 Å². The summed E-state index contributed by atoms with van der Waals surface area (Å²) in [5, 5.41) is 50.2. The summed E-state index contributed by atoms with van der Waals surface area (Å²) in [5.41, 5.74) is 1.77. The van der Waals surface area contributed by atoms with Crippen molar-refractivity contribution in [2.24, 2.45) is 0 Å². The molecule has 24 heavy (non-hydrogen) atoms. The molecule has 0 unspecified atom stereocenters. The lowest BCUT2D eigenvalue weighted by atomic mass is 10.1. The Bertz CT molecular complexity index is 794. The van der Waals surface area contributed by atoms with Crippen molar-refractivity contribution in [3.63, 3.8) is 0 Å². The Morgan fingerprint density at radius 2 is 1.62 bits per heavy atom. The molecule has 0 heterocycles. The monoisotopic (exact) mass is 347 g/mol. The highest BCUT2D eigenvalue weighted by Crippen LogP contribution is 2.35. The van der Waals surface area contributed by atoms with Crippen LogP contribution in [0.4, 0.5) is 0 Å². The molecule has 126 valence electrons. The average molecular weight is 347 g/mol. The molecular weight excluding hydrogens is 330 g/mol. The van der Waals surface area contributed by atoms with E-state index in [0.717, 1.165) is 0 Å². The SMILES string of the molecule is Cc1c(C=CC(=S)NCc2cc(O)c(O)c(O)c2)ccc(O)c1O. The summed E-state index contributed by atoms with van der Waals surface area (Å²) in [5.74, 6) is -1.75. The van der Waals surface area contributed by atoms with Crippen LogP contribution in [-0.4, -0.2) is 30.5 Å². The van der Waals surface area contributed by atoms with Crippen molar-refractivity contribution in [2.45, 2.75) is 13.5 Å². The number of thiocarbonyl (C=S) groups is 1. The molecule has 0 bridgehead atoms. The van der Waals surface area contributed by atoms with Gasteiger partial charge < -0.3 is 30.8 Å². The predicted octanol–water partition coefficient (Wildman–Crippen LogP) is 2.65. The summed E-state index contributed by atoms with van der Waals surface area (Å²) in [6, 6.07) is 5.67. The minimum absolute atomic E-state index is 0.175. The maximum atomic E-state index is 9.68. The molecule has 0 amide bonds. The van der Waals surface area contributed by atoms with Crippen molar-refractivity contribution in [2.75, 3.05) is 0 Å². The molecule has 6 nitrogen and oxygen atoms in total. The second kappa shape index (κ2) is 7.10. The first kappa shape index (κ1) is 17.4. The van der Waals surface area contributed by atoms with E-state index in [1.165, 1.54) is 18.2 Å². The largest absolute Gasteiger partial charge is 0.504 e. The van der Waals surface area contributed by atoms with Crippen LogP contribution >= 0.6 is 12.2 Å². The minimum Gasteiger partial charge on any atom is -0.504 e. The number of hydrogen-bond donors (Lipinski definition) is 6. The summed E-state index contributed by atoms with van der Waals surface area (Å²) in [4.78, 5) is 0.397. The van der Waals surface area contributed by atoms with Crippen molar-refractivity contribution >= 4 is 23.3 Å². The molecule has 2 aromatic carbocycles. The lowest BCUT2D eigenvalue weighted by Gasteiger charge is -2.08. The van der Waals surface area contributed by atoms with Crippen LogP contribution in [0, 0.1) is 6.92 Å². The van der Waals surface area contributed by atoms with Crippen molar-refractivity contribution < 1.29 is 25.5 Å². The average Bonchev–Trinajstić information content (AvgIpc) is 2.55. The van der Waals surface area contributed by atoms with Crippen LogP contribution in [0.5, 0.6) is 28.7 Å². The Hall–Kier alpha value is -2.93. The van der Waals surface area contributed by atoms with Crippen LogP contribution in [0.15, 0.2) is 30.3 Å². The second-order valence-electron chi connectivity index (χ2n) is 5.18. The number of aromatic hydroxyl groups is 5. The van der Waals surface area contributed by atoms with E-state index >= 15 is 0 Å². The Kier molecular flexibility index (Phi) is 5.15. The molecule has 0 aromatic heterocycles. The molecule has 0 fully saturated rings. The fourth-order valence-electron chi connectivity index (χ4n) is 2.06. The number of rotatable bonds is 4. The molecule has 0 atom stereocenters. The Balaban J connectivity index is 2.03. The van der Waals surface area contributed by atoms with Gasteiger partial charge in [-0.1, -0.05) is 24.4 Å². The quantitative estimate of drug-likeness (QED) is 0.286. The summed E-state index contributed by atoms with van der Waals surface area (Å²) in [7, 11) is 0. The highest BCUT2D eigenvalue weighted by atomic mass is 32.1. The van der Waals surface area contributed by atoms with Gasteiger partial charge >= 0.3 is 0 Å². The minimum atomic E-state index is -0.566. The van der Waals surface area contributed by atoms with Gasteiger partial charge in [0.1, 0.15) is 0 Å². The van der Waals surface area contributed by atoms with Crippen molar-refractivity contribution in [1.82, 2.24) is 5.32 Å². The topological polar surface area (TPSA) is 113 Å². The summed E-state index contributed by atoms with van der Waals surface area (Å²) < 4.78 is 0. The van der Waals surface area contributed by atoms with E-state index in [0.29, 0.717) is 21.7 Å². The van der Waals surface area contributed by atoms with Crippen LogP contribution in [0.3, 0.4) is 0 Å².